The van der Waals surface area contributed by atoms with E-state index < -0.39 is 10.2 Å². The van der Waals surface area contributed by atoms with Gasteiger partial charge in [-0.15, -0.1) is 0 Å². The van der Waals surface area contributed by atoms with E-state index in [-0.39, 0.29) is 12.0 Å². The van der Waals surface area contributed by atoms with Gasteiger partial charge in [-0.2, -0.15) is 17.4 Å². The Morgan fingerprint density at radius 2 is 2.00 bits per heavy atom. The SMILES string of the molecule is CC1CCN(S(=O)(=O)N[C@@H]2CNCC[C@@H]2c2ccccc2)C1. The first-order valence-corrected chi connectivity index (χ1v) is 9.53. The van der Waals surface area contributed by atoms with Gasteiger partial charge in [0.15, 0.2) is 0 Å². The number of hydrogen-bond acceptors (Lipinski definition) is 3. The Hall–Kier alpha value is -0.950. The second-order valence-electron chi connectivity index (χ2n) is 6.49. The second kappa shape index (κ2) is 6.66. The molecule has 122 valence electrons. The molecule has 2 aliphatic rings. The molecule has 0 saturated carbocycles. The van der Waals surface area contributed by atoms with Crippen LogP contribution in [0.3, 0.4) is 0 Å². The van der Waals surface area contributed by atoms with E-state index in [2.05, 4.69) is 29.1 Å². The summed E-state index contributed by atoms with van der Waals surface area (Å²) in [6, 6.07) is 10.1. The highest BCUT2D eigenvalue weighted by molar-refractivity contribution is 7.87. The average molecular weight is 323 g/mol. The number of hydrogen-bond donors (Lipinski definition) is 2. The molecule has 2 saturated heterocycles. The summed E-state index contributed by atoms with van der Waals surface area (Å²) in [5, 5.41) is 3.31. The van der Waals surface area contributed by atoms with Crippen LogP contribution in [-0.4, -0.2) is 44.9 Å². The van der Waals surface area contributed by atoms with Gasteiger partial charge in [0.25, 0.3) is 10.2 Å². The maximum absolute atomic E-state index is 12.6. The number of benzene rings is 1. The predicted octanol–water partition coefficient (Wildman–Crippen LogP) is 1.31. The van der Waals surface area contributed by atoms with E-state index in [0.29, 0.717) is 25.6 Å². The minimum atomic E-state index is -3.39. The lowest BCUT2D eigenvalue weighted by Gasteiger charge is -2.34. The molecule has 2 N–H and O–H groups in total. The maximum atomic E-state index is 12.6. The first-order valence-electron chi connectivity index (χ1n) is 8.09. The van der Waals surface area contributed by atoms with Crippen molar-refractivity contribution in [3.05, 3.63) is 35.9 Å². The molecule has 6 heteroatoms. The standard InChI is InChI=1S/C16H25N3O2S/c1-13-8-10-19(12-13)22(20,21)18-16-11-17-9-7-15(16)14-5-3-2-4-6-14/h2-6,13,15-18H,7-12H2,1H3/t13?,15-,16-/m1/s1. The molecule has 0 aromatic heterocycles. The number of nitrogens with one attached hydrogen (secondary N) is 2. The highest BCUT2D eigenvalue weighted by Gasteiger charge is 2.34. The van der Waals surface area contributed by atoms with Crippen LogP contribution in [0.1, 0.15) is 31.2 Å². The van der Waals surface area contributed by atoms with Gasteiger partial charge in [0.05, 0.1) is 0 Å². The van der Waals surface area contributed by atoms with Crippen LogP contribution in [0.15, 0.2) is 30.3 Å². The largest absolute Gasteiger partial charge is 0.315 e. The number of rotatable bonds is 4. The maximum Gasteiger partial charge on any atom is 0.279 e. The van der Waals surface area contributed by atoms with Gasteiger partial charge in [0, 0.05) is 31.6 Å². The minimum absolute atomic E-state index is 0.0861. The van der Waals surface area contributed by atoms with Crippen LogP contribution in [0, 0.1) is 5.92 Å². The fraction of sp³-hybridized carbons (Fsp3) is 0.625. The highest BCUT2D eigenvalue weighted by atomic mass is 32.2. The Morgan fingerprint density at radius 3 is 2.68 bits per heavy atom. The van der Waals surface area contributed by atoms with Crippen LogP contribution in [0.4, 0.5) is 0 Å². The molecule has 2 heterocycles. The molecule has 0 bridgehead atoms. The molecule has 1 aromatic rings. The van der Waals surface area contributed by atoms with Gasteiger partial charge in [-0.05, 0) is 30.9 Å². The molecule has 3 atom stereocenters. The van der Waals surface area contributed by atoms with Crippen molar-refractivity contribution in [2.45, 2.75) is 31.7 Å². The van der Waals surface area contributed by atoms with Gasteiger partial charge in [-0.25, -0.2) is 0 Å². The smallest absolute Gasteiger partial charge is 0.279 e. The second-order valence-corrected chi connectivity index (χ2v) is 8.19. The highest BCUT2D eigenvalue weighted by Crippen LogP contribution is 2.27. The summed E-state index contributed by atoms with van der Waals surface area (Å²) >= 11 is 0. The van der Waals surface area contributed by atoms with Gasteiger partial charge in [0.2, 0.25) is 0 Å². The molecular formula is C16H25N3O2S. The third kappa shape index (κ3) is 3.51. The monoisotopic (exact) mass is 323 g/mol. The predicted molar refractivity (Wildman–Crippen MR) is 87.9 cm³/mol. The Kier molecular flexibility index (Phi) is 4.82. The third-order valence-electron chi connectivity index (χ3n) is 4.74. The van der Waals surface area contributed by atoms with E-state index in [1.165, 1.54) is 5.56 Å². The van der Waals surface area contributed by atoms with E-state index in [1.807, 2.05) is 18.2 Å². The molecule has 5 nitrogen and oxygen atoms in total. The Labute approximate surface area is 133 Å². The van der Waals surface area contributed by atoms with E-state index in [9.17, 15) is 8.42 Å². The van der Waals surface area contributed by atoms with Gasteiger partial charge < -0.3 is 5.32 Å². The fourth-order valence-corrected chi connectivity index (χ4v) is 5.04. The average Bonchev–Trinajstić information content (AvgIpc) is 2.96. The summed E-state index contributed by atoms with van der Waals surface area (Å²) in [7, 11) is -3.39. The van der Waals surface area contributed by atoms with Crippen LogP contribution >= 0.6 is 0 Å². The van der Waals surface area contributed by atoms with Crippen LogP contribution < -0.4 is 10.0 Å². The summed E-state index contributed by atoms with van der Waals surface area (Å²) in [4.78, 5) is 0. The summed E-state index contributed by atoms with van der Waals surface area (Å²) in [6.45, 7) is 4.98. The Bertz CT molecular complexity index is 591. The van der Waals surface area contributed by atoms with Crippen molar-refractivity contribution >= 4 is 10.2 Å². The molecule has 2 fully saturated rings. The van der Waals surface area contributed by atoms with Crippen LogP contribution in [-0.2, 0) is 10.2 Å². The molecule has 0 spiro atoms. The van der Waals surface area contributed by atoms with Crippen molar-refractivity contribution in [3.8, 4) is 0 Å². The van der Waals surface area contributed by atoms with Gasteiger partial charge in [-0.1, -0.05) is 37.3 Å². The van der Waals surface area contributed by atoms with Gasteiger partial charge in [0.1, 0.15) is 0 Å². The summed E-state index contributed by atoms with van der Waals surface area (Å²) < 4.78 is 29.8. The molecule has 0 amide bonds. The van der Waals surface area contributed by atoms with E-state index in [0.717, 1.165) is 19.4 Å². The molecular weight excluding hydrogens is 298 g/mol. The molecule has 22 heavy (non-hydrogen) atoms. The van der Waals surface area contributed by atoms with Crippen molar-refractivity contribution in [2.75, 3.05) is 26.2 Å². The molecule has 1 unspecified atom stereocenters. The number of nitrogens with zero attached hydrogens (tertiary/aromatic N) is 1. The lowest BCUT2D eigenvalue weighted by molar-refractivity contribution is 0.364. The lowest BCUT2D eigenvalue weighted by atomic mass is 9.87. The van der Waals surface area contributed by atoms with Crippen molar-refractivity contribution in [1.82, 2.24) is 14.3 Å². The normalized spacial score (nSPS) is 30.5. The van der Waals surface area contributed by atoms with Crippen molar-refractivity contribution < 1.29 is 8.42 Å². The minimum Gasteiger partial charge on any atom is -0.315 e. The lowest BCUT2D eigenvalue weighted by Crippen LogP contribution is -2.53. The first-order chi connectivity index (χ1) is 10.6. The zero-order valence-electron chi connectivity index (χ0n) is 13.0. The quantitative estimate of drug-likeness (QED) is 0.878. The topological polar surface area (TPSA) is 61.4 Å². The molecule has 3 rings (SSSR count). The molecule has 0 aliphatic carbocycles. The van der Waals surface area contributed by atoms with E-state index in [4.69, 9.17) is 0 Å². The van der Waals surface area contributed by atoms with Gasteiger partial charge in [-0.3, -0.25) is 0 Å². The van der Waals surface area contributed by atoms with Crippen molar-refractivity contribution in [1.29, 1.82) is 0 Å². The third-order valence-corrected chi connectivity index (χ3v) is 6.35. The Balaban J connectivity index is 1.74. The Morgan fingerprint density at radius 1 is 1.23 bits per heavy atom. The molecule has 2 aliphatic heterocycles. The summed E-state index contributed by atoms with van der Waals surface area (Å²) in [5.74, 6) is 0.684. The van der Waals surface area contributed by atoms with Crippen LogP contribution in [0.2, 0.25) is 0 Å². The zero-order chi connectivity index (χ0) is 15.6. The molecule has 0 radical (unpaired) electrons. The van der Waals surface area contributed by atoms with Crippen molar-refractivity contribution in [2.24, 2.45) is 5.92 Å². The van der Waals surface area contributed by atoms with E-state index >= 15 is 0 Å². The summed E-state index contributed by atoms with van der Waals surface area (Å²) in [6.07, 6.45) is 1.90. The first kappa shape index (κ1) is 15.9. The van der Waals surface area contributed by atoms with Gasteiger partial charge >= 0.3 is 0 Å². The molecule has 1 aromatic carbocycles. The fourth-order valence-electron chi connectivity index (χ4n) is 3.46. The van der Waals surface area contributed by atoms with E-state index in [1.54, 1.807) is 4.31 Å². The van der Waals surface area contributed by atoms with Crippen LogP contribution in [0.5, 0.6) is 0 Å². The van der Waals surface area contributed by atoms with Crippen LogP contribution in [0.25, 0.3) is 0 Å². The van der Waals surface area contributed by atoms with Crippen molar-refractivity contribution in [3.63, 3.8) is 0 Å². The number of piperidine rings is 1. The summed E-state index contributed by atoms with van der Waals surface area (Å²) in [5.41, 5.74) is 1.21. The zero-order valence-corrected chi connectivity index (χ0v) is 13.8.